The van der Waals surface area contributed by atoms with Crippen molar-refractivity contribution in [3.05, 3.63) is 25.3 Å². The van der Waals surface area contributed by atoms with Crippen LogP contribution in [0.1, 0.15) is 32.1 Å². The van der Waals surface area contributed by atoms with Crippen molar-refractivity contribution in [2.24, 2.45) is 5.41 Å². The molecule has 0 rings (SSSR count). The summed E-state index contributed by atoms with van der Waals surface area (Å²) in [5, 5.41) is 17.7. The Bertz CT molecular complexity index is 271. The van der Waals surface area contributed by atoms with Gasteiger partial charge < -0.3 is 10.2 Å². The molecule has 0 bridgehead atoms. The molecular weight excluding hydrogens is 208 g/mol. The zero-order valence-corrected chi connectivity index (χ0v) is 9.32. The lowest BCUT2D eigenvalue weighted by atomic mass is 9.77. The third kappa shape index (κ3) is 4.29. The van der Waals surface area contributed by atoms with Gasteiger partial charge in [0.25, 0.3) is 0 Å². The Balaban J connectivity index is 4.60. The molecule has 0 fully saturated rings. The van der Waals surface area contributed by atoms with Gasteiger partial charge in [0, 0.05) is 6.42 Å². The maximum atomic E-state index is 11.2. The fraction of sp³-hybridized carbons (Fsp3) is 0.500. The molecule has 0 aliphatic heterocycles. The second-order valence-electron chi connectivity index (χ2n) is 3.82. The van der Waals surface area contributed by atoms with Crippen molar-refractivity contribution < 1.29 is 19.8 Å². The van der Waals surface area contributed by atoms with Crippen molar-refractivity contribution in [2.45, 2.75) is 32.1 Å². The fourth-order valence-electron chi connectivity index (χ4n) is 1.70. The maximum Gasteiger partial charge on any atom is 0.310 e. The third-order valence-corrected chi connectivity index (χ3v) is 2.57. The van der Waals surface area contributed by atoms with E-state index in [9.17, 15) is 14.7 Å². The average Bonchev–Trinajstić information content (AvgIpc) is 2.17. The van der Waals surface area contributed by atoms with Gasteiger partial charge in [0.15, 0.2) is 0 Å². The van der Waals surface area contributed by atoms with Crippen LogP contribution in [0.15, 0.2) is 25.3 Å². The maximum absolute atomic E-state index is 11.2. The van der Waals surface area contributed by atoms with E-state index in [4.69, 9.17) is 5.11 Å². The fourth-order valence-corrected chi connectivity index (χ4v) is 1.70. The van der Waals surface area contributed by atoms with E-state index in [2.05, 4.69) is 13.2 Å². The summed E-state index contributed by atoms with van der Waals surface area (Å²) >= 11 is 0. The summed E-state index contributed by atoms with van der Waals surface area (Å²) in [6, 6.07) is 0. The van der Waals surface area contributed by atoms with E-state index in [0.717, 1.165) is 0 Å². The highest BCUT2D eigenvalue weighted by Gasteiger charge is 2.35. The Morgan fingerprint density at radius 3 is 1.94 bits per heavy atom. The van der Waals surface area contributed by atoms with Crippen LogP contribution in [0, 0.1) is 5.41 Å². The van der Waals surface area contributed by atoms with Gasteiger partial charge in [-0.1, -0.05) is 12.2 Å². The molecule has 16 heavy (non-hydrogen) atoms. The van der Waals surface area contributed by atoms with E-state index in [1.165, 1.54) is 0 Å². The number of carboxylic acids is 2. The number of rotatable bonds is 9. The molecule has 0 aromatic carbocycles. The molecule has 0 spiro atoms. The first-order valence-corrected chi connectivity index (χ1v) is 5.15. The van der Waals surface area contributed by atoms with Crippen molar-refractivity contribution in [3.8, 4) is 0 Å². The van der Waals surface area contributed by atoms with Gasteiger partial charge >= 0.3 is 11.9 Å². The quantitative estimate of drug-likeness (QED) is 0.592. The topological polar surface area (TPSA) is 74.6 Å². The van der Waals surface area contributed by atoms with Crippen molar-refractivity contribution >= 4 is 11.9 Å². The molecule has 0 atom stereocenters. The SMILES string of the molecule is C=CCC(CC=C)(CCCC(=O)O)C(=O)O. The van der Waals surface area contributed by atoms with Crippen LogP contribution < -0.4 is 0 Å². The summed E-state index contributed by atoms with van der Waals surface area (Å²) in [6.07, 6.45) is 4.43. The standard InChI is InChI=1S/C12H18O4/c1-3-7-12(8-4-2,11(15)16)9-5-6-10(13)14/h3-4H,1-2,5-9H2,(H,13,14)(H,15,16). The van der Waals surface area contributed by atoms with Crippen molar-refractivity contribution in [1.29, 1.82) is 0 Å². The van der Waals surface area contributed by atoms with Crippen LogP contribution in [-0.2, 0) is 9.59 Å². The molecule has 0 aromatic heterocycles. The predicted octanol–water partition coefficient (Wildman–Crippen LogP) is 2.46. The van der Waals surface area contributed by atoms with Crippen molar-refractivity contribution in [2.75, 3.05) is 0 Å². The number of carboxylic acid groups (broad SMARTS) is 2. The Kier molecular flexibility index (Phi) is 6.15. The normalized spacial score (nSPS) is 10.8. The summed E-state index contributed by atoms with van der Waals surface area (Å²) in [7, 11) is 0. The highest BCUT2D eigenvalue weighted by Crippen LogP contribution is 2.34. The number of allylic oxidation sites excluding steroid dienone is 2. The summed E-state index contributed by atoms with van der Waals surface area (Å²) in [5.74, 6) is -1.82. The molecule has 0 aromatic rings. The minimum atomic E-state index is -0.945. The Labute approximate surface area is 95.3 Å². The Morgan fingerprint density at radius 1 is 1.12 bits per heavy atom. The molecule has 0 saturated carbocycles. The van der Waals surface area contributed by atoms with Crippen LogP contribution in [0.4, 0.5) is 0 Å². The minimum Gasteiger partial charge on any atom is -0.481 e. The monoisotopic (exact) mass is 226 g/mol. The highest BCUT2D eigenvalue weighted by molar-refractivity contribution is 5.75. The van der Waals surface area contributed by atoms with E-state index in [1.54, 1.807) is 12.2 Å². The third-order valence-electron chi connectivity index (χ3n) is 2.57. The highest BCUT2D eigenvalue weighted by atomic mass is 16.4. The van der Waals surface area contributed by atoms with Gasteiger partial charge in [0.2, 0.25) is 0 Å². The lowest BCUT2D eigenvalue weighted by Gasteiger charge is -2.26. The molecule has 90 valence electrons. The predicted molar refractivity (Wildman–Crippen MR) is 61.2 cm³/mol. The zero-order chi connectivity index (χ0) is 12.6. The number of aliphatic carboxylic acids is 2. The van der Waals surface area contributed by atoms with Gasteiger partial charge in [0.05, 0.1) is 5.41 Å². The first-order valence-electron chi connectivity index (χ1n) is 5.15. The van der Waals surface area contributed by atoms with Gasteiger partial charge in [-0.25, -0.2) is 0 Å². The summed E-state index contributed by atoms with van der Waals surface area (Å²) < 4.78 is 0. The summed E-state index contributed by atoms with van der Waals surface area (Å²) in [4.78, 5) is 21.6. The van der Waals surface area contributed by atoms with Crippen LogP contribution in [0.3, 0.4) is 0 Å². The lowest BCUT2D eigenvalue weighted by Crippen LogP contribution is -2.30. The molecule has 0 aliphatic rings. The van der Waals surface area contributed by atoms with E-state index < -0.39 is 17.4 Å². The first kappa shape index (κ1) is 14.4. The number of hydrogen-bond acceptors (Lipinski definition) is 2. The Morgan fingerprint density at radius 2 is 1.62 bits per heavy atom. The van der Waals surface area contributed by atoms with E-state index in [0.29, 0.717) is 25.7 Å². The minimum absolute atomic E-state index is 0.0106. The molecule has 0 unspecified atom stereocenters. The van der Waals surface area contributed by atoms with Gasteiger partial charge in [0.1, 0.15) is 0 Å². The second kappa shape index (κ2) is 6.82. The Hall–Kier alpha value is -1.58. The molecule has 2 N–H and O–H groups in total. The van der Waals surface area contributed by atoms with Crippen LogP contribution >= 0.6 is 0 Å². The molecule has 0 radical (unpaired) electrons. The summed E-state index contributed by atoms with van der Waals surface area (Å²) in [6.45, 7) is 7.08. The largest absolute Gasteiger partial charge is 0.481 e. The average molecular weight is 226 g/mol. The van der Waals surface area contributed by atoms with Crippen LogP contribution in [0.25, 0.3) is 0 Å². The molecular formula is C12H18O4. The van der Waals surface area contributed by atoms with E-state index in [1.807, 2.05) is 0 Å². The molecule has 4 nitrogen and oxygen atoms in total. The van der Waals surface area contributed by atoms with Gasteiger partial charge in [-0.3, -0.25) is 9.59 Å². The molecule has 0 saturated heterocycles. The van der Waals surface area contributed by atoms with Crippen LogP contribution in [0.2, 0.25) is 0 Å². The van der Waals surface area contributed by atoms with E-state index >= 15 is 0 Å². The van der Waals surface area contributed by atoms with Crippen LogP contribution in [0.5, 0.6) is 0 Å². The number of hydrogen-bond donors (Lipinski definition) is 2. The van der Waals surface area contributed by atoms with Crippen molar-refractivity contribution in [1.82, 2.24) is 0 Å². The number of carbonyl (C=O) groups is 2. The lowest BCUT2D eigenvalue weighted by molar-refractivity contribution is -0.150. The first-order chi connectivity index (χ1) is 7.48. The summed E-state index contributed by atoms with van der Waals surface area (Å²) in [5.41, 5.74) is -0.945. The molecule has 4 heteroatoms. The zero-order valence-electron chi connectivity index (χ0n) is 9.32. The second-order valence-corrected chi connectivity index (χ2v) is 3.82. The van der Waals surface area contributed by atoms with E-state index in [-0.39, 0.29) is 6.42 Å². The molecule has 0 heterocycles. The van der Waals surface area contributed by atoms with Gasteiger partial charge in [-0.15, -0.1) is 13.2 Å². The van der Waals surface area contributed by atoms with Crippen LogP contribution in [-0.4, -0.2) is 22.2 Å². The van der Waals surface area contributed by atoms with Crippen molar-refractivity contribution in [3.63, 3.8) is 0 Å². The molecule has 0 amide bonds. The smallest absolute Gasteiger partial charge is 0.310 e. The van der Waals surface area contributed by atoms with Gasteiger partial charge in [-0.2, -0.15) is 0 Å². The molecule has 0 aliphatic carbocycles. The van der Waals surface area contributed by atoms with Gasteiger partial charge in [-0.05, 0) is 25.7 Å².